The molecule has 14 rings (SSSR count). The molecule has 2 heteroatoms. The quantitative estimate of drug-likeness (QED) is 0.164. The lowest BCUT2D eigenvalue weighted by atomic mass is 9.93. The van der Waals surface area contributed by atoms with Crippen molar-refractivity contribution in [3.63, 3.8) is 0 Å². The molecule has 2 heterocycles. The minimum Gasteiger partial charge on any atom is -0.309 e. The second-order valence-corrected chi connectivity index (χ2v) is 17.2. The summed E-state index contributed by atoms with van der Waals surface area (Å²) in [6.45, 7) is 0. The topological polar surface area (TPSA) is 9.86 Å². The predicted octanol–water partition coefficient (Wildman–Crippen LogP) is 16.8. The summed E-state index contributed by atoms with van der Waals surface area (Å²) in [6, 6.07) is 85.2. The maximum Gasteiger partial charge on any atom is 0.0619 e. The third kappa shape index (κ3) is 5.08. The van der Waals surface area contributed by atoms with E-state index >= 15 is 0 Å². The highest BCUT2D eigenvalue weighted by Gasteiger charge is 2.23. The molecule has 64 heavy (non-hydrogen) atoms. The summed E-state index contributed by atoms with van der Waals surface area (Å²) in [5.41, 5.74) is 19.7. The molecule has 0 unspecified atom stereocenters. The third-order valence-electron chi connectivity index (χ3n) is 13.9. The van der Waals surface area contributed by atoms with Gasteiger partial charge in [-0.15, -0.1) is 0 Å². The maximum atomic E-state index is 2.48. The monoisotopic (exact) mass is 810 g/mol. The molecule has 0 radical (unpaired) electrons. The van der Waals surface area contributed by atoms with Crippen molar-refractivity contribution in [2.45, 2.75) is 0 Å². The summed E-state index contributed by atoms with van der Waals surface area (Å²) < 4.78 is 4.88. The van der Waals surface area contributed by atoms with Gasteiger partial charge in [0.25, 0.3) is 0 Å². The van der Waals surface area contributed by atoms with Gasteiger partial charge in [0.1, 0.15) is 0 Å². The van der Waals surface area contributed by atoms with Crippen LogP contribution in [-0.4, -0.2) is 9.13 Å². The van der Waals surface area contributed by atoms with Gasteiger partial charge >= 0.3 is 0 Å². The minimum absolute atomic E-state index is 1.14. The zero-order chi connectivity index (χ0) is 41.9. The van der Waals surface area contributed by atoms with Crippen molar-refractivity contribution in [2.75, 3.05) is 0 Å². The molecule has 296 valence electrons. The first-order valence-electron chi connectivity index (χ1n) is 22.2. The molecule has 1 aliphatic rings. The Hall–Kier alpha value is -8.46. The zero-order valence-corrected chi connectivity index (χ0v) is 34.8. The lowest BCUT2D eigenvalue weighted by molar-refractivity contribution is 1.18. The summed E-state index contributed by atoms with van der Waals surface area (Å²) in [5.74, 6) is 0. The van der Waals surface area contributed by atoms with Crippen molar-refractivity contribution in [1.82, 2.24) is 9.13 Å². The van der Waals surface area contributed by atoms with Gasteiger partial charge in [-0.25, -0.2) is 0 Å². The fourth-order valence-electron chi connectivity index (χ4n) is 11.0. The van der Waals surface area contributed by atoms with E-state index in [4.69, 9.17) is 0 Å². The van der Waals surface area contributed by atoms with E-state index in [9.17, 15) is 0 Å². The van der Waals surface area contributed by atoms with Crippen LogP contribution >= 0.6 is 0 Å². The number of aromatic nitrogens is 2. The van der Waals surface area contributed by atoms with Crippen LogP contribution < -0.4 is 0 Å². The highest BCUT2D eigenvalue weighted by atomic mass is 15.0. The van der Waals surface area contributed by atoms with Gasteiger partial charge in [-0.05, 0) is 120 Å². The van der Waals surface area contributed by atoms with Crippen molar-refractivity contribution in [1.29, 1.82) is 0 Å². The fraction of sp³-hybridized carbons (Fsp3) is 0. The highest BCUT2D eigenvalue weighted by Crippen LogP contribution is 2.49. The number of nitrogens with zero attached hydrogens (tertiary/aromatic N) is 2. The van der Waals surface area contributed by atoms with E-state index in [1.54, 1.807) is 0 Å². The van der Waals surface area contributed by atoms with Crippen LogP contribution in [0.5, 0.6) is 0 Å². The molecule has 0 saturated carbocycles. The smallest absolute Gasteiger partial charge is 0.0619 e. The summed E-state index contributed by atoms with van der Waals surface area (Å²) in [4.78, 5) is 0. The van der Waals surface area contributed by atoms with Crippen LogP contribution in [-0.2, 0) is 0 Å². The Labute approximate surface area is 370 Å². The Balaban J connectivity index is 0.893. The molecule has 11 aromatic carbocycles. The van der Waals surface area contributed by atoms with E-state index in [-0.39, 0.29) is 0 Å². The molecule has 1 aliphatic carbocycles. The molecule has 0 fully saturated rings. The van der Waals surface area contributed by atoms with Crippen LogP contribution in [0.1, 0.15) is 0 Å². The average Bonchev–Trinajstić information content (AvgIpc) is 4.01. The number of fused-ring (bicyclic) bond motifs is 11. The van der Waals surface area contributed by atoms with E-state index in [2.05, 4.69) is 240 Å². The molecule has 0 amide bonds. The highest BCUT2D eigenvalue weighted by molar-refractivity contribution is 6.20. The molecule has 13 aromatic rings. The Kier molecular flexibility index (Phi) is 7.43. The number of hydrogen-bond acceptors (Lipinski definition) is 0. The molecular formula is C62H38N2. The maximum absolute atomic E-state index is 2.48. The summed E-state index contributed by atoms with van der Waals surface area (Å²) in [7, 11) is 0. The Morgan fingerprint density at radius 1 is 0.234 bits per heavy atom. The van der Waals surface area contributed by atoms with E-state index in [0.29, 0.717) is 0 Å². The normalized spacial score (nSPS) is 12.1. The van der Waals surface area contributed by atoms with Gasteiger partial charge in [-0.2, -0.15) is 0 Å². The van der Waals surface area contributed by atoms with Gasteiger partial charge in [-0.3, -0.25) is 0 Å². The molecule has 2 nitrogen and oxygen atoms in total. The second kappa shape index (κ2) is 13.5. The van der Waals surface area contributed by atoms with Crippen LogP contribution in [0.2, 0.25) is 0 Å². The fourth-order valence-corrected chi connectivity index (χ4v) is 11.0. The predicted molar refractivity (Wildman–Crippen MR) is 271 cm³/mol. The standard InChI is InChI=1S/C62H38N2/c1-2-14-45(15-3-1)63-58-23-9-8-20-51(58)52-31-29-44(38-60(52)63)43-30-35-59-57(37-43)56-32-28-40-12-4-5-17-48(40)62(56)64(59)46-16-10-13-42(36-46)39-24-26-41(27-25-39)47-33-34-55-50-19-7-6-18-49(50)54-22-11-21-53(47)61(54)55/h1-38H. The molecule has 0 N–H and O–H groups in total. The third-order valence-corrected chi connectivity index (χ3v) is 13.9. The molecule has 0 saturated heterocycles. The van der Waals surface area contributed by atoms with Gasteiger partial charge in [-0.1, -0.05) is 182 Å². The van der Waals surface area contributed by atoms with Crippen LogP contribution in [0.3, 0.4) is 0 Å². The molecule has 0 bridgehead atoms. The van der Waals surface area contributed by atoms with Gasteiger partial charge in [0, 0.05) is 38.3 Å². The molecule has 0 spiro atoms. The molecule has 2 aromatic heterocycles. The van der Waals surface area contributed by atoms with Crippen molar-refractivity contribution >= 4 is 65.2 Å². The van der Waals surface area contributed by atoms with Crippen LogP contribution in [0, 0.1) is 0 Å². The van der Waals surface area contributed by atoms with Crippen molar-refractivity contribution < 1.29 is 0 Å². The first-order chi connectivity index (χ1) is 31.7. The summed E-state index contributed by atoms with van der Waals surface area (Å²) in [6.07, 6.45) is 0. The lowest BCUT2D eigenvalue weighted by Gasteiger charge is -2.13. The van der Waals surface area contributed by atoms with Gasteiger partial charge < -0.3 is 9.13 Å². The van der Waals surface area contributed by atoms with E-state index < -0.39 is 0 Å². The Morgan fingerprint density at radius 3 is 1.69 bits per heavy atom. The summed E-state index contributed by atoms with van der Waals surface area (Å²) in [5, 5.41) is 10.2. The van der Waals surface area contributed by atoms with E-state index in [1.807, 2.05) is 0 Å². The van der Waals surface area contributed by atoms with Crippen molar-refractivity contribution in [2.24, 2.45) is 0 Å². The van der Waals surface area contributed by atoms with Crippen molar-refractivity contribution in [3.05, 3.63) is 231 Å². The Morgan fingerprint density at radius 2 is 0.812 bits per heavy atom. The van der Waals surface area contributed by atoms with Gasteiger partial charge in [0.05, 0.1) is 22.1 Å². The first kappa shape index (κ1) is 35.2. The summed E-state index contributed by atoms with van der Waals surface area (Å²) >= 11 is 0. The van der Waals surface area contributed by atoms with Crippen LogP contribution in [0.25, 0.3) is 132 Å². The lowest BCUT2D eigenvalue weighted by Crippen LogP contribution is -1.95. The Bertz CT molecular complexity index is 4020. The number of para-hydroxylation sites is 2. The van der Waals surface area contributed by atoms with Gasteiger partial charge in [0.15, 0.2) is 0 Å². The zero-order valence-electron chi connectivity index (χ0n) is 34.8. The minimum atomic E-state index is 1.14. The number of benzene rings is 11. The second-order valence-electron chi connectivity index (χ2n) is 17.2. The molecule has 0 aliphatic heterocycles. The molecule has 0 atom stereocenters. The number of rotatable bonds is 5. The SMILES string of the molecule is c1ccc(-n2c3ccccc3c3ccc(-c4ccc5c(c4)c4ccc6ccccc6c4n5-c4cccc(-c5ccc(-c6ccc7c8c(cccc68)-c6ccccc6-7)cc5)c4)cc32)cc1. The average molecular weight is 811 g/mol. The van der Waals surface area contributed by atoms with Crippen molar-refractivity contribution in [3.8, 4) is 67.0 Å². The van der Waals surface area contributed by atoms with Crippen LogP contribution in [0.15, 0.2) is 231 Å². The van der Waals surface area contributed by atoms with Crippen LogP contribution in [0.4, 0.5) is 0 Å². The van der Waals surface area contributed by atoms with Gasteiger partial charge in [0.2, 0.25) is 0 Å². The molecular weight excluding hydrogens is 773 g/mol. The van der Waals surface area contributed by atoms with E-state index in [0.717, 1.165) is 5.69 Å². The largest absolute Gasteiger partial charge is 0.309 e. The van der Waals surface area contributed by atoms with E-state index in [1.165, 1.54) is 126 Å². The number of hydrogen-bond donors (Lipinski definition) is 0. The first-order valence-corrected chi connectivity index (χ1v) is 22.2.